The van der Waals surface area contributed by atoms with Crippen molar-refractivity contribution in [3.05, 3.63) is 59.2 Å². The highest BCUT2D eigenvalue weighted by Gasteiger charge is 2.47. The number of halogens is 6. The van der Waals surface area contributed by atoms with Crippen LogP contribution in [0.5, 0.6) is 0 Å². The SMILES string of the molecule is Cc1c2n(c3ccccc13)C(=O)[C@@](C)(CSC(F)(F)F)c1cc(C(F)(F)F)ccc1-2. The van der Waals surface area contributed by atoms with Gasteiger partial charge in [-0.25, -0.2) is 0 Å². The lowest BCUT2D eigenvalue weighted by Gasteiger charge is -2.36. The van der Waals surface area contributed by atoms with E-state index in [0.29, 0.717) is 22.3 Å². The molecule has 0 fully saturated rings. The third-order valence-electron chi connectivity index (χ3n) is 5.52. The Labute approximate surface area is 171 Å². The number of alkyl halides is 6. The Morgan fingerprint density at radius 3 is 2.33 bits per heavy atom. The molecule has 4 rings (SSSR count). The van der Waals surface area contributed by atoms with Crippen LogP contribution >= 0.6 is 11.8 Å². The first-order chi connectivity index (χ1) is 13.8. The number of rotatable bonds is 2. The Bertz CT molecular complexity index is 1180. The van der Waals surface area contributed by atoms with Crippen LogP contribution in [0.4, 0.5) is 26.3 Å². The molecule has 0 unspecified atom stereocenters. The van der Waals surface area contributed by atoms with Crippen molar-refractivity contribution in [1.29, 1.82) is 0 Å². The summed E-state index contributed by atoms with van der Waals surface area (Å²) in [4.78, 5) is 13.5. The Balaban J connectivity index is 2.04. The molecule has 9 heteroatoms. The molecule has 1 aliphatic heterocycles. The fraction of sp³-hybridized carbons (Fsp3) is 0.286. The van der Waals surface area contributed by atoms with Gasteiger partial charge in [0.15, 0.2) is 0 Å². The third kappa shape index (κ3) is 3.10. The van der Waals surface area contributed by atoms with Crippen LogP contribution < -0.4 is 0 Å². The fourth-order valence-corrected chi connectivity index (χ4v) is 4.78. The van der Waals surface area contributed by atoms with Gasteiger partial charge in [0, 0.05) is 16.7 Å². The summed E-state index contributed by atoms with van der Waals surface area (Å²) in [7, 11) is 0. The molecule has 0 saturated carbocycles. The molecule has 3 aromatic rings. The van der Waals surface area contributed by atoms with E-state index in [1.54, 1.807) is 31.2 Å². The normalized spacial score (nSPS) is 19.1. The monoisotopic (exact) mass is 443 g/mol. The first-order valence-corrected chi connectivity index (χ1v) is 9.91. The number of benzene rings is 2. The summed E-state index contributed by atoms with van der Waals surface area (Å²) in [5, 5.41) is 0.722. The van der Waals surface area contributed by atoms with E-state index in [-0.39, 0.29) is 5.56 Å². The van der Waals surface area contributed by atoms with Crippen molar-refractivity contribution in [2.24, 2.45) is 0 Å². The highest BCUT2D eigenvalue weighted by Crippen LogP contribution is 2.49. The van der Waals surface area contributed by atoms with Gasteiger partial charge < -0.3 is 0 Å². The standard InChI is InChI=1S/C21H15F6NOS/c1-11-13-5-3-4-6-16(13)28-17(11)14-8-7-12(20(22,23)24)9-15(14)19(2,18(28)29)10-30-21(25,26)27/h3-9H,10H2,1-2H3/t19-/m0/s1. The van der Waals surface area contributed by atoms with Crippen LogP contribution in [0.15, 0.2) is 42.5 Å². The van der Waals surface area contributed by atoms with Crippen LogP contribution in [0.2, 0.25) is 0 Å². The van der Waals surface area contributed by atoms with E-state index < -0.39 is 46.1 Å². The number of thioether (sulfide) groups is 1. The van der Waals surface area contributed by atoms with Crippen molar-refractivity contribution >= 4 is 28.6 Å². The Morgan fingerprint density at radius 1 is 1.03 bits per heavy atom. The minimum atomic E-state index is -4.69. The van der Waals surface area contributed by atoms with E-state index in [9.17, 15) is 31.1 Å². The molecule has 1 aromatic heterocycles. The minimum absolute atomic E-state index is 0.0440. The van der Waals surface area contributed by atoms with Gasteiger partial charge in [-0.05, 0) is 54.9 Å². The molecule has 0 amide bonds. The van der Waals surface area contributed by atoms with Crippen molar-refractivity contribution in [2.45, 2.75) is 30.9 Å². The number of para-hydroxylation sites is 1. The number of aromatic nitrogens is 1. The molecule has 0 bridgehead atoms. The maximum atomic E-state index is 13.5. The maximum Gasteiger partial charge on any atom is 0.441 e. The molecule has 2 heterocycles. The van der Waals surface area contributed by atoms with E-state index in [1.807, 2.05) is 0 Å². The zero-order chi connectivity index (χ0) is 22.1. The zero-order valence-electron chi connectivity index (χ0n) is 15.8. The van der Waals surface area contributed by atoms with Crippen LogP contribution in [-0.4, -0.2) is 21.7 Å². The Kier molecular flexibility index (Phi) is 4.54. The summed E-state index contributed by atoms with van der Waals surface area (Å²) < 4.78 is 80.3. The summed E-state index contributed by atoms with van der Waals surface area (Å²) >= 11 is -0.409. The molecule has 0 radical (unpaired) electrons. The second kappa shape index (κ2) is 6.54. The van der Waals surface area contributed by atoms with Crippen molar-refractivity contribution in [1.82, 2.24) is 4.57 Å². The van der Waals surface area contributed by atoms with Gasteiger partial charge in [0.25, 0.3) is 0 Å². The van der Waals surface area contributed by atoms with Crippen molar-refractivity contribution in [3.63, 3.8) is 0 Å². The van der Waals surface area contributed by atoms with Crippen LogP contribution in [0, 0.1) is 6.92 Å². The average molecular weight is 443 g/mol. The molecule has 1 aliphatic rings. The van der Waals surface area contributed by atoms with Gasteiger partial charge in [-0.15, -0.1) is 0 Å². The maximum absolute atomic E-state index is 13.5. The van der Waals surface area contributed by atoms with Gasteiger partial charge in [0.2, 0.25) is 5.91 Å². The topological polar surface area (TPSA) is 22.0 Å². The van der Waals surface area contributed by atoms with E-state index in [0.717, 1.165) is 17.5 Å². The van der Waals surface area contributed by atoms with Crippen LogP contribution in [0.1, 0.15) is 28.4 Å². The largest absolute Gasteiger partial charge is 0.441 e. The lowest BCUT2D eigenvalue weighted by atomic mass is 9.76. The molecule has 0 spiro atoms. The van der Waals surface area contributed by atoms with E-state index in [2.05, 4.69) is 0 Å². The van der Waals surface area contributed by atoms with Gasteiger partial charge in [-0.3, -0.25) is 9.36 Å². The second-order valence-electron chi connectivity index (χ2n) is 7.46. The van der Waals surface area contributed by atoms with Crippen molar-refractivity contribution in [3.8, 4) is 11.3 Å². The van der Waals surface area contributed by atoms with Crippen molar-refractivity contribution < 1.29 is 31.1 Å². The van der Waals surface area contributed by atoms with E-state index in [4.69, 9.17) is 0 Å². The lowest BCUT2D eigenvalue weighted by molar-refractivity contribution is -0.137. The number of nitrogens with zero attached hydrogens (tertiary/aromatic N) is 1. The van der Waals surface area contributed by atoms with Gasteiger partial charge in [0.05, 0.1) is 22.2 Å². The number of fused-ring (bicyclic) bond motifs is 5. The number of carbonyl (C=O) groups is 1. The van der Waals surface area contributed by atoms with Gasteiger partial charge in [-0.2, -0.15) is 26.3 Å². The number of aryl methyl sites for hydroxylation is 1. The predicted molar refractivity (Wildman–Crippen MR) is 104 cm³/mol. The predicted octanol–water partition coefficient (Wildman–Crippen LogP) is 6.80. The summed E-state index contributed by atoms with van der Waals surface area (Å²) in [6.07, 6.45) is -4.69. The molecule has 0 saturated heterocycles. The number of carbonyl (C=O) groups excluding carboxylic acids is 1. The average Bonchev–Trinajstić information content (AvgIpc) is 2.96. The summed E-state index contributed by atoms with van der Waals surface area (Å²) in [6.45, 7) is 3.02. The molecule has 0 N–H and O–H groups in total. The molecular weight excluding hydrogens is 428 g/mol. The first kappa shape index (κ1) is 20.8. The number of hydrogen-bond donors (Lipinski definition) is 0. The lowest BCUT2D eigenvalue weighted by Crippen LogP contribution is -2.43. The molecule has 2 aromatic carbocycles. The Hall–Kier alpha value is -2.42. The fourth-order valence-electron chi connectivity index (χ4n) is 4.05. The van der Waals surface area contributed by atoms with E-state index >= 15 is 0 Å². The van der Waals surface area contributed by atoms with Crippen molar-refractivity contribution in [2.75, 3.05) is 5.75 Å². The summed E-state index contributed by atoms with van der Waals surface area (Å²) in [6, 6.07) is 9.87. The quantitative estimate of drug-likeness (QED) is 0.407. The van der Waals surface area contributed by atoms with Crippen LogP contribution in [0.25, 0.3) is 22.2 Å². The van der Waals surface area contributed by atoms with Crippen LogP contribution in [0.3, 0.4) is 0 Å². The van der Waals surface area contributed by atoms with Gasteiger partial charge in [0.1, 0.15) is 0 Å². The summed E-state index contributed by atoms with van der Waals surface area (Å²) in [5.41, 5.74) is -5.51. The van der Waals surface area contributed by atoms with E-state index in [1.165, 1.54) is 17.6 Å². The smallest absolute Gasteiger partial charge is 0.279 e. The second-order valence-corrected chi connectivity index (χ2v) is 8.50. The molecule has 0 aliphatic carbocycles. The van der Waals surface area contributed by atoms with Crippen LogP contribution in [-0.2, 0) is 11.6 Å². The van der Waals surface area contributed by atoms with Gasteiger partial charge in [-0.1, -0.05) is 24.3 Å². The molecule has 158 valence electrons. The third-order valence-corrected chi connectivity index (χ3v) is 6.57. The zero-order valence-corrected chi connectivity index (χ0v) is 16.6. The molecule has 2 nitrogen and oxygen atoms in total. The number of hydrogen-bond acceptors (Lipinski definition) is 2. The highest BCUT2D eigenvalue weighted by molar-refractivity contribution is 8.00. The highest BCUT2D eigenvalue weighted by atomic mass is 32.2. The van der Waals surface area contributed by atoms with Gasteiger partial charge >= 0.3 is 11.7 Å². The minimum Gasteiger partial charge on any atom is -0.279 e. The molecular formula is C21H15F6NOS. The Morgan fingerprint density at radius 2 is 1.70 bits per heavy atom. The molecule has 30 heavy (non-hydrogen) atoms. The first-order valence-electron chi connectivity index (χ1n) is 8.92. The molecule has 1 atom stereocenters. The summed E-state index contributed by atoms with van der Waals surface area (Å²) in [5.74, 6) is -1.40.